The van der Waals surface area contributed by atoms with Gasteiger partial charge in [-0.25, -0.2) is 35.4 Å². The number of thiazole rings is 1. The predicted octanol–water partition coefficient (Wildman–Crippen LogP) is 4.37. The van der Waals surface area contributed by atoms with E-state index in [0.717, 1.165) is 29.5 Å². The molecule has 1 aromatic heterocycles. The van der Waals surface area contributed by atoms with Crippen LogP contribution in [0.1, 0.15) is 23.7 Å². The molecule has 4 N–H and O–H groups in total. The number of rotatable bonds is 7. The van der Waals surface area contributed by atoms with E-state index in [0.29, 0.717) is 12.1 Å². The molecule has 0 aliphatic heterocycles. The predicted molar refractivity (Wildman–Crippen MR) is 101 cm³/mol. The van der Waals surface area contributed by atoms with Gasteiger partial charge in [-0.3, -0.25) is 4.72 Å². The molecule has 2 aromatic carbocycles. The van der Waals surface area contributed by atoms with Gasteiger partial charge in [-0.1, -0.05) is 6.07 Å². The first kappa shape index (κ1) is 21.9. The molecule has 3 aromatic rings. The summed E-state index contributed by atoms with van der Waals surface area (Å²) in [5.41, 5.74) is 5.87. The molecule has 0 unspecified atom stereocenters. The Bertz CT molecular complexity index is 1130. The standard InChI is InChI=1S/C17H13F5N4O2S2/c18-11-2-1-8(16(21)22)3-10(11)17(23)25-9-4-12(19)15(13(20)5-9)30(27,28)26-14-6-29-7-24-14/h1-7,16-17,25-26H,23H2/t17-/m1/s1. The Balaban J connectivity index is 1.88. The molecule has 0 saturated heterocycles. The second-order valence-electron chi connectivity index (χ2n) is 5.95. The minimum absolute atomic E-state index is 0.114. The average molecular weight is 464 g/mol. The molecule has 0 saturated carbocycles. The quantitative estimate of drug-likeness (QED) is 0.357. The summed E-state index contributed by atoms with van der Waals surface area (Å²) in [6.45, 7) is 0. The summed E-state index contributed by atoms with van der Waals surface area (Å²) in [5.74, 6) is -3.92. The minimum Gasteiger partial charge on any atom is -0.366 e. The van der Waals surface area contributed by atoms with E-state index >= 15 is 0 Å². The molecular weight excluding hydrogens is 451 g/mol. The summed E-state index contributed by atoms with van der Waals surface area (Å²) in [6.07, 6.45) is -4.32. The molecule has 0 aliphatic carbocycles. The summed E-state index contributed by atoms with van der Waals surface area (Å²) in [6, 6.07) is 3.76. The zero-order valence-electron chi connectivity index (χ0n) is 14.7. The van der Waals surface area contributed by atoms with Crippen molar-refractivity contribution in [3.8, 4) is 0 Å². The van der Waals surface area contributed by atoms with Gasteiger partial charge in [0.1, 0.15) is 23.6 Å². The van der Waals surface area contributed by atoms with Crippen LogP contribution in [0, 0.1) is 17.5 Å². The van der Waals surface area contributed by atoms with Crippen LogP contribution in [0.4, 0.5) is 33.5 Å². The smallest absolute Gasteiger partial charge is 0.268 e. The van der Waals surface area contributed by atoms with Crippen molar-refractivity contribution in [1.29, 1.82) is 0 Å². The molecular formula is C17H13F5N4O2S2. The Morgan fingerprint density at radius 1 is 1.03 bits per heavy atom. The Hall–Kier alpha value is -2.77. The number of aromatic nitrogens is 1. The molecule has 1 atom stereocenters. The van der Waals surface area contributed by atoms with Crippen LogP contribution in [-0.4, -0.2) is 13.4 Å². The van der Waals surface area contributed by atoms with Crippen LogP contribution in [0.3, 0.4) is 0 Å². The van der Waals surface area contributed by atoms with Crippen molar-refractivity contribution in [3.63, 3.8) is 0 Å². The van der Waals surface area contributed by atoms with E-state index in [4.69, 9.17) is 5.73 Å². The summed E-state index contributed by atoms with van der Waals surface area (Å²) >= 11 is 1.07. The highest BCUT2D eigenvalue weighted by molar-refractivity contribution is 7.92. The fourth-order valence-electron chi connectivity index (χ4n) is 2.55. The van der Waals surface area contributed by atoms with Crippen LogP contribution in [-0.2, 0) is 10.0 Å². The van der Waals surface area contributed by atoms with Gasteiger partial charge in [0.05, 0.1) is 5.51 Å². The summed E-state index contributed by atoms with van der Waals surface area (Å²) < 4.78 is 94.8. The number of hydrogen-bond acceptors (Lipinski definition) is 6. The number of anilines is 2. The van der Waals surface area contributed by atoms with Crippen LogP contribution in [0.15, 0.2) is 46.1 Å². The van der Waals surface area contributed by atoms with Crippen molar-refractivity contribution in [3.05, 3.63) is 69.8 Å². The second kappa shape index (κ2) is 8.53. The van der Waals surface area contributed by atoms with Gasteiger partial charge in [0.25, 0.3) is 16.4 Å². The van der Waals surface area contributed by atoms with Crippen molar-refractivity contribution in [2.75, 3.05) is 10.0 Å². The van der Waals surface area contributed by atoms with Crippen LogP contribution in [0.2, 0.25) is 0 Å². The third kappa shape index (κ3) is 4.68. The van der Waals surface area contributed by atoms with E-state index in [9.17, 15) is 30.4 Å². The SMILES string of the molecule is N[C@H](Nc1cc(F)c(S(=O)(=O)Nc2cscn2)c(F)c1)c1cc(C(F)F)ccc1F. The van der Waals surface area contributed by atoms with Crippen LogP contribution >= 0.6 is 11.3 Å². The topological polar surface area (TPSA) is 97.1 Å². The van der Waals surface area contributed by atoms with Gasteiger partial charge in [0, 0.05) is 22.2 Å². The maximum Gasteiger partial charge on any atom is 0.268 e. The number of hydrogen-bond donors (Lipinski definition) is 3. The van der Waals surface area contributed by atoms with E-state index < -0.39 is 50.5 Å². The number of alkyl halides is 2. The molecule has 1 heterocycles. The fraction of sp³-hybridized carbons (Fsp3) is 0.118. The zero-order valence-corrected chi connectivity index (χ0v) is 16.4. The zero-order chi connectivity index (χ0) is 22.1. The van der Waals surface area contributed by atoms with Crippen LogP contribution in [0.25, 0.3) is 0 Å². The highest BCUT2D eigenvalue weighted by Crippen LogP contribution is 2.28. The van der Waals surface area contributed by atoms with E-state index in [2.05, 4.69) is 10.3 Å². The molecule has 30 heavy (non-hydrogen) atoms. The largest absolute Gasteiger partial charge is 0.366 e. The van der Waals surface area contributed by atoms with E-state index in [1.54, 1.807) is 0 Å². The molecule has 3 rings (SSSR count). The lowest BCUT2D eigenvalue weighted by atomic mass is 10.1. The summed E-state index contributed by atoms with van der Waals surface area (Å²) in [4.78, 5) is 2.42. The minimum atomic E-state index is -4.62. The van der Waals surface area contributed by atoms with Crippen LogP contribution < -0.4 is 15.8 Å². The Morgan fingerprint density at radius 3 is 2.27 bits per heavy atom. The van der Waals surface area contributed by atoms with Gasteiger partial charge in [0.2, 0.25) is 0 Å². The Kier molecular flexibility index (Phi) is 6.24. The van der Waals surface area contributed by atoms with Crippen molar-refractivity contribution in [2.45, 2.75) is 17.5 Å². The van der Waals surface area contributed by atoms with Gasteiger partial charge in [-0.2, -0.15) is 0 Å². The molecule has 13 heteroatoms. The first-order valence-corrected chi connectivity index (χ1v) is 10.5. The number of halogens is 5. The third-order valence-corrected chi connectivity index (χ3v) is 5.86. The maximum atomic E-state index is 14.4. The second-order valence-corrected chi connectivity index (χ2v) is 8.29. The van der Waals surface area contributed by atoms with Crippen molar-refractivity contribution in [2.24, 2.45) is 5.73 Å². The number of nitrogens with one attached hydrogen (secondary N) is 2. The molecule has 0 bridgehead atoms. The number of nitrogens with zero attached hydrogens (tertiary/aromatic N) is 1. The highest BCUT2D eigenvalue weighted by Gasteiger charge is 2.26. The van der Waals surface area contributed by atoms with Crippen molar-refractivity contribution in [1.82, 2.24) is 4.98 Å². The van der Waals surface area contributed by atoms with E-state index in [-0.39, 0.29) is 17.1 Å². The summed E-state index contributed by atoms with van der Waals surface area (Å²) in [7, 11) is -4.62. The first-order valence-electron chi connectivity index (χ1n) is 8.08. The molecule has 0 aliphatic rings. The van der Waals surface area contributed by atoms with E-state index in [1.807, 2.05) is 4.72 Å². The van der Waals surface area contributed by atoms with E-state index in [1.165, 1.54) is 10.9 Å². The Morgan fingerprint density at radius 2 is 1.70 bits per heavy atom. The maximum absolute atomic E-state index is 14.4. The lowest BCUT2D eigenvalue weighted by molar-refractivity contribution is 0.151. The molecule has 6 nitrogen and oxygen atoms in total. The molecule has 0 radical (unpaired) electrons. The lowest BCUT2D eigenvalue weighted by Gasteiger charge is -2.18. The lowest BCUT2D eigenvalue weighted by Crippen LogP contribution is -2.22. The number of benzene rings is 2. The highest BCUT2D eigenvalue weighted by atomic mass is 32.2. The average Bonchev–Trinajstić information content (AvgIpc) is 3.13. The first-order chi connectivity index (χ1) is 14.1. The number of nitrogens with two attached hydrogens (primary N) is 1. The normalized spacial score (nSPS) is 12.8. The van der Waals surface area contributed by atoms with Gasteiger partial charge in [0.15, 0.2) is 10.7 Å². The van der Waals surface area contributed by atoms with Crippen molar-refractivity contribution < 1.29 is 30.4 Å². The molecule has 0 amide bonds. The third-order valence-electron chi connectivity index (χ3n) is 3.87. The van der Waals surface area contributed by atoms with Gasteiger partial charge < -0.3 is 11.1 Å². The Labute approximate surface area is 171 Å². The van der Waals surface area contributed by atoms with Gasteiger partial charge >= 0.3 is 0 Å². The summed E-state index contributed by atoms with van der Waals surface area (Å²) in [5, 5.41) is 3.68. The van der Waals surface area contributed by atoms with Crippen LogP contribution in [0.5, 0.6) is 0 Å². The van der Waals surface area contributed by atoms with Gasteiger partial charge in [-0.05, 0) is 24.3 Å². The van der Waals surface area contributed by atoms with Crippen molar-refractivity contribution >= 4 is 32.9 Å². The fourth-order valence-corrected chi connectivity index (χ4v) is 4.22. The molecule has 0 fully saturated rings. The number of sulfonamides is 1. The van der Waals surface area contributed by atoms with Gasteiger partial charge in [-0.15, -0.1) is 11.3 Å². The molecule has 160 valence electrons. The molecule has 0 spiro atoms. The monoisotopic (exact) mass is 464 g/mol.